The minimum absolute atomic E-state index is 0.164. The fourth-order valence-electron chi connectivity index (χ4n) is 3.36. The molecule has 5 heteroatoms. The van der Waals surface area contributed by atoms with E-state index in [0.717, 1.165) is 30.4 Å². The van der Waals surface area contributed by atoms with Gasteiger partial charge in [-0.05, 0) is 32.3 Å². The zero-order valence-corrected chi connectivity index (χ0v) is 14.9. The SMILES string of the molecule is Cc1cccc(CN2CCN(c3cc(C)nc(C4CC4)n3)CC2=O)c1. The first-order valence-electron chi connectivity index (χ1n) is 9.02. The maximum atomic E-state index is 12.6. The number of benzene rings is 1. The van der Waals surface area contributed by atoms with Crippen LogP contribution in [0, 0.1) is 13.8 Å². The summed E-state index contributed by atoms with van der Waals surface area (Å²) in [5.74, 6) is 2.54. The second kappa shape index (κ2) is 6.47. The summed E-state index contributed by atoms with van der Waals surface area (Å²) < 4.78 is 0. The number of carbonyl (C=O) groups excluding carboxylic acids is 1. The molecular weight excluding hydrogens is 312 g/mol. The number of carbonyl (C=O) groups is 1. The van der Waals surface area contributed by atoms with Gasteiger partial charge in [0.2, 0.25) is 5.91 Å². The van der Waals surface area contributed by atoms with Gasteiger partial charge in [0.15, 0.2) is 0 Å². The highest BCUT2D eigenvalue weighted by atomic mass is 16.2. The van der Waals surface area contributed by atoms with Crippen LogP contribution in [0.15, 0.2) is 30.3 Å². The number of hydrogen-bond acceptors (Lipinski definition) is 4. The van der Waals surface area contributed by atoms with E-state index in [-0.39, 0.29) is 5.91 Å². The molecule has 0 atom stereocenters. The first-order valence-corrected chi connectivity index (χ1v) is 9.02. The molecule has 1 aromatic carbocycles. The number of piperazine rings is 1. The van der Waals surface area contributed by atoms with Crippen LogP contribution in [0.3, 0.4) is 0 Å². The average molecular weight is 336 g/mol. The molecule has 1 saturated carbocycles. The van der Waals surface area contributed by atoms with Crippen molar-refractivity contribution < 1.29 is 4.79 Å². The smallest absolute Gasteiger partial charge is 0.242 e. The van der Waals surface area contributed by atoms with E-state index < -0.39 is 0 Å². The molecule has 2 aliphatic rings. The highest BCUT2D eigenvalue weighted by Crippen LogP contribution is 2.38. The molecule has 1 saturated heterocycles. The molecule has 25 heavy (non-hydrogen) atoms. The number of rotatable bonds is 4. The second-order valence-electron chi connectivity index (χ2n) is 7.23. The van der Waals surface area contributed by atoms with Gasteiger partial charge in [0.05, 0.1) is 6.54 Å². The van der Waals surface area contributed by atoms with Gasteiger partial charge in [-0.25, -0.2) is 9.97 Å². The molecule has 4 rings (SSSR count). The van der Waals surface area contributed by atoms with Gasteiger partial charge in [0.1, 0.15) is 11.6 Å². The van der Waals surface area contributed by atoms with Gasteiger partial charge >= 0.3 is 0 Å². The van der Waals surface area contributed by atoms with Gasteiger partial charge in [-0.2, -0.15) is 0 Å². The van der Waals surface area contributed by atoms with Crippen molar-refractivity contribution >= 4 is 11.7 Å². The lowest BCUT2D eigenvalue weighted by molar-refractivity contribution is -0.131. The molecule has 0 radical (unpaired) electrons. The zero-order valence-electron chi connectivity index (χ0n) is 14.9. The third kappa shape index (κ3) is 3.65. The maximum Gasteiger partial charge on any atom is 0.242 e. The number of anilines is 1. The Kier molecular flexibility index (Phi) is 4.15. The first kappa shape index (κ1) is 16.1. The Morgan fingerprint density at radius 1 is 1.12 bits per heavy atom. The normalized spacial score (nSPS) is 17.9. The van der Waals surface area contributed by atoms with Gasteiger partial charge in [0.25, 0.3) is 0 Å². The lowest BCUT2D eigenvalue weighted by Crippen LogP contribution is -2.50. The van der Waals surface area contributed by atoms with Crippen molar-refractivity contribution in [3.63, 3.8) is 0 Å². The molecule has 1 aliphatic carbocycles. The molecule has 0 spiro atoms. The fourth-order valence-corrected chi connectivity index (χ4v) is 3.36. The number of hydrogen-bond donors (Lipinski definition) is 0. The standard InChI is InChI=1S/C20H24N4O/c1-14-4-3-5-16(10-14)12-24-9-8-23(13-19(24)25)18-11-15(2)21-20(22-18)17-6-7-17/h3-5,10-11,17H,6-9,12-13H2,1-2H3. The summed E-state index contributed by atoms with van der Waals surface area (Å²) in [6, 6.07) is 10.4. The van der Waals surface area contributed by atoms with Crippen LogP contribution in [-0.4, -0.2) is 40.4 Å². The summed E-state index contributed by atoms with van der Waals surface area (Å²) in [7, 11) is 0. The largest absolute Gasteiger partial charge is 0.345 e. The van der Waals surface area contributed by atoms with Crippen LogP contribution in [0.4, 0.5) is 5.82 Å². The predicted molar refractivity (Wildman–Crippen MR) is 97.6 cm³/mol. The van der Waals surface area contributed by atoms with Crippen LogP contribution in [0.5, 0.6) is 0 Å². The Morgan fingerprint density at radius 3 is 2.68 bits per heavy atom. The maximum absolute atomic E-state index is 12.6. The Morgan fingerprint density at radius 2 is 1.96 bits per heavy atom. The van der Waals surface area contributed by atoms with E-state index in [9.17, 15) is 4.79 Å². The summed E-state index contributed by atoms with van der Waals surface area (Å²) >= 11 is 0. The highest BCUT2D eigenvalue weighted by Gasteiger charge is 2.29. The van der Waals surface area contributed by atoms with E-state index in [2.05, 4.69) is 41.1 Å². The van der Waals surface area contributed by atoms with Gasteiger partial charge in [-0.1, -0.05) is 29.8 Å². The average Bonchev–Trinajstić information content (AvgIpc) is 3.41. The van der Waals surface area contributed by atoms with E-state index in [0.29, 0.717) is 19.0 Å². The summed E-state index contributed by atoms with van der Waals surface area (Å²) in [6.07, 6.45) is 2.37. The molecule has 0 N–H and O–H groups in total. The summed E-state index contributed by atoms with van der Waals surface area (Å²) in [4.78, 5) is 25.9. The van der Waals surface area contributed by atoms with Crippen LogP contribution in [0.1, 0.15) is 41.4 Å². The fraction of sp³-hybridized carbons (Fsp3) is 0.450. The van der Waals surface area contributed by atoms with Crippen LogP contribution < -0.4 is 4.90 Å². The van der Waals surface area contributed by atoms with Crippen LogP contribution in [-0.2, 0) is 11.3 Å². The monoisotopic (exact) mass is 336 g/mol. The van der Waals surface area contributed by atoms with Crippen molar-refractivity contribution in [3.05, 3.63) is 53.0 Å². The lowest BCUT2D eigenvalue weighted by Gasteiger charge is -2.35. The number of amides is 1. The van der Waals surface area contributed by atoms with Crippen molar-refractivity contribution in [3.8, 4) is 0 Å². The van der Waals surface area contributed by atoms with Gasteiger partial charge in [-0.3, -0.25) is 4.79 Å². The third-order valence-corrected chi connectivity index (χ3v) is 4.90. The highest BCUT2D eigenvalue weighted by molar-refractivity contribution is 5.82. The molecule has 130 valence electrons. The summed E-state index contributed by atoms with van der Waals surface area (Å²) in [5, 5.41) is 0. The van der Waals surface area contributed by atoms with E-state index in [1.165, 1.54) is 24.0 Å². The third-order valence-electron chi connectivity index (χ3n) is 4.90. The molecule has 1 aromatic heterocycles. The minimum atomic E-state index is 0.164. The number of nitrogens with zero attached hydrogens (tertiary/aromatic N) is 4. The first-order chi connectivity index (χ1) is 12.1. The Hall–Kier alpha value is -2.43. The van der Waals surface area contributed by atoms with Crippen LogP contribution in [0.25, 0.3) is 0 Å². The van der Waals surface area contributed by atoms with E-state index >= 15 is 0 Å². The molecule has 5 nitrogen and oxygen atoms in total. The van der Waals surface area contributed by atoms with Crippen molar-refractivity contribution in [2.45, 2.75) is 39.2 Å². The van der Waals surface area contributed by atoms with E-state index in [1.54, 1.807) is 0 Å². The van der Waals surface area contributed by atoms with Crippen LogP contribution in [0.2, 0.25) is 0 Å². The van der Waals surface area contributed by atoms with Crippen molar-refractivity contribution in [2.75, 3.05) is 24.5 Å². The molecular formula is C20H24N4O. The summed E-state index contributed by atoms with van der Waals surface area (Å²) in [5.41, 5.74) is 3.41. The number of aromatic nitrogens is 2. The zero-order chi connectivity index (χ0) is 17.4. The van der Waals surface area contributed by atoms with Gasteiger partial charge < -0.3 is 9.80 Å². The van der Waals surface area contributed by atoms with Crippen molar-refractivity contribution in [2.24, 2.45) is 0 Å². The quantitative estimate of drug-likeness (QED) is 0.861. The Balaban J connectivity index is 1.45. The molecule has 2 aromatic rings. The Bertz CT molecular complexity index is 800. The predicted octanol–water partition coefficient (Wildman–Crippen LogP) is 2.82. The Labute approximate surface area is 148 Å². The molecule has 0 bridgehead atoms. The molecule has 2 heterocycles. The second-order valence-corrected chi connectivity index (χ2v) is 7.23. The number of aryl methyl sites for hydroxylation is 2. The van der Waals surface area contributed by atoms with Crippen molar-refractivity contribution in [1.29, 1.82) is 0 Å². The van der Waals surface area contributed by atoms with Gasteiger partial charge in [0, 0.05) is 37.3 Å². The minimum Gasteiger partial charge on any atom is -0.345 e. The van der Waals surface area contributed by atoms with E-state index in [4.69, 9.17) is 4.98 Å². The molecule has 1 aliphatic heterocycles. The molecule has 0 unspecified atom stereocenters. The molecule has 2 fully saturated rings. The van der Waals surface area contributed by atoms with Crippen LogP contribution >= 0.6 is 0 Å². The van der Waals surface area contributed by atoms with Crippen molar-refractivity contribution in [1.82, 2.24) is 14.9 Å². The summed E-state index contributed by atoms with van der Waals surface area (Å²) in [6.45, 7) is 6.72. The topological polar surface area (TPSA) is 49.3 Å². The van der Waals surface area contributed by atoms with Gasteiger partial charge in [-0.15, -0.1) is 0 Å². The molecule has 1 amide bonds. The lowest BCUT2D eigenvalue weighted by atomic mass is 10.1. The van der Waals surface area contributed by atoms with E-state index in [1.807, 2.05) is 17.9 Å².